The predicted molar refractivity (Wildman–Crippen MR) is 73.7 cm³/mol. The van der Waals surface area contributed by atoms with E-state index in [9.17, 15) is 5.11 Å². The Morgan fingerprint density at radius 3 is 2.41 bits per heavy atom. The molecule has 0 aliphatic heterocycles. The molecule has 96 valence electrons. The van der Waals surface area contributed by atoms with E-state index in [1.54, 1.807) is 0 Å². The van der Waals surface area contributed by atoms with Crippen LogP contribution < -0.4 is 0 Å². The van der Waals surface area contributed by atoms with Gasteiger partial charge in [0.2, 0.25) is 0 Å². The number of nitrogens with zero attached hydrogens (tertiary/aromatic N) is 1. The molecule has 0 heterocycles. The molecular formula is C14H22ClNO. The van der Waals surface area contributed by atoms with Crippen LogP contribution in [-0.4, -0.2) is 35.7 Å². The second kappa shape index (κ2) is 5.38. The normalized spacial score (nSPS) is 14.1. The minimum Gasteiger partial charge on any atom is -0.391 e. The summed E-state index contributed by atoms with van der Waals surface area (Å²) in [5.41, 5.74) is 1.87. The van der Waals surface area contributed by atoms with Gasteiger partial charge in [0.1, 0.15) is 0 Å². The summed E-state index contributed by atoms with van der Waals surface area (Å²) in [6.07, 6.45) is 0.127. The van der Waals surface area contributed by atoms with Crippen molar-refractivity contribution in [1.82, 2.24) is 4.90 Å². The van der Waals surface area contributed by atoms with Crippen molar-refractivity contribution in [3.63, 3.8) is 0 Å². The first-order chi connectivity index (χ1) is 7.75. The Hall–Kier alpha value is -0.570. The first-order valence-corrected chi connectivity index (χ1v) is 6.23. The molecule has 1 aromatic carbocycles. The number of halogens is 1. The zero-order valence-corrected chi connectivity index (χ0v) is 12.0. The summed E-state index contributed by atoms with van der Waals surface area (Å²) in [5, 5.41) is 11.0. The van der Waals surface area contributed by atoms with Gasteiger partial charge in [-0.15, -0.1) is 0 Å². The monoisotopic (exact) mass is 255 g/mol. The molecule has 1 N–H and O–H groups in total. The molecule has 2 nitrogen and oxygen atoms in total. The van der Waals surface area contributed by atoms with E-state index in [-0.39, 0.29) is 5.54 Å². The molecule has 0 fully saturated rings. The van der Waals surface area contributed by atoms with Gasteiger partial charge in [0, 0.05) is 17.0 Å². The molecule has 0 radical (unpaired) electrons. The first kappa shape index (κ1) is 14.5. The number of aliphatic hydroxyl groups is 1. The van der Waals surface area contributed by atoms with Gasteiger partial charge in [0.05, 0.1) is 6.10 Å². The number of benzene rings is 1. The molecule has 0 saturated heterocycles. The van der Waals surface area contributed by atoms with Gasteiger partial charge in [-0.3, -0.25) is 0 Å². The number of rotatable bonds is 4. The van der Waals surface area contributed by atoms with Gasteiger partial charge < -0.3 is 10.0 Å². The highest BCUT2D eigenvalue weighted by molar-refractivity contribution is 6.31. The molecule has 0 aromatic heterocycles. The highest BCUT2D eigenvalue weighted by Gasteiger charge is 2.30. The Morgan fingerprint density at radius 1 is 1.35 bits per heavy atom. The summed E-state index contributed by atoms with van der Waals surface area (Å²) < 4.78 is 0. The quantitative estimate of drug-likeness (QED) is 0.894. The van der Waals surface area contributed by atoms with E-state index in [2.05, 4.69) is 0 Å². The van der Waals surface area contributed by atoms with E-state index in [1.165, 1.54) is 0 Å². The first-order valence-electron chi connectivity index (χ1n) is 5.85. The molecule has 1 atom stereocenters. The maximum absolute atomic E-state index is 10.3. The molecular weight excluding hydrogens is 234 g/mol. The Bertz CT molecular complexity index is 388. The maximum atomic E-state index is 10.3. The third kappa shape index (κ3) is 3.44. The van der Waals surface area contributed by atoms with Gasteiger partial charge in [0.25, 0.3) is 0 Å². The second-order valence-electron chi connectivity index (χ2n) is 5.36. The average Bonchev–Trinajstić information content (AvgIpc) is 2.21. The van der Waals surface area contributed by atoms with Gasteiger partial charge in [-0.25, -0.2) is 0 Å². The van der Waals surface area contributed by atoms with Gasteiger partial charge in [-0.2, -0.15) is 0 Å². The standard InChI is InChI=1S/C14H22ClNO/c1-10-6-7-11(12(15)8-10)9-13(17)14(2,3)16(4)5/h6-8,13,17H,9H2,1-5H3. The topological polar surface area (TPSA) is 23.5 Å². The lowest BCUT2D eigenvalue weighted by molar-refractivity contribution is 0.0183. The molecule has 1 unspecified atom stereocenters. The van der Waals surface area contributed by atoms with Crippen molar-refractivity contribution in [2.24, 2.45) is 0 Å². The van der Waals surface area contributed by atoms with Crippen LogP contribution in [0.4, 0.5) is 0 Å². The van der Waals surface area contributed by atoms with Gasteiger partial charge in [-0.05, 0) is 52.1 Å². The van der Waals surface area contributed by atoms with Crippen LogP contribution in [0.5, 0.6) is 0 Å². The van der Waals surface area contributed by atoms with Crippen molar-refractivity contribution >= 4 is 11.6 Å². The van der Waals surface area contributed by atoms with E-state index in [0.717, 1.165) is 16.1 Å². The van der Waals surface area contributed by atoms with Gasteiger partial charge in [-0.1, -0.05) is 23.7 Å². The summed E-state index contributed by atoms with van der Waals surface area (Å²) >= 11 is 6.18. The van der Waals surface area contributed by atoms with Crippen LogP contribution in [0.1, 0.15) is 25.0 Å². The highest BCUT2D eigenvalue weighted by atomic mass is 35.5. The maximum Gasteiger partial charge on any atom is 0.0758 e. The van der Waals surface area contributed by atoms with Crippen molar-refractivity contribution in [2.45, 2.75) is 38.8 Å². The smallest absolute Gasteiger partial charge is 0.0758 e. The van der Waals surface area contributed by atoms with E-state index in [1.807, 2.05) is 58.0 Å². The minimum atomic E-state index is -0.447. The molecule has 0 saturated carbocycles. The van der Waals surface area contributed by atoms with Crippen LogP contribution in [0.2, 0.25) is 5.02 Å². The Labute approximate surface area is 109 Å². The lowest BCUT2D eigenvalue weighted by Gasteiger charge is -2.37. The average molecular weight is 256 g/mol. The Morgan fingerprint density at radius 2 is 1.94 bits per heavy atom. The van der Waals surface area contributed by atoms with Crippen LogP contribution in [0.3, 0.4) is 0 Å². The fraction of sp³-hybridized carbons (Fsp3) is 0.571. The van der Waals surface area contributed by atoms with Crippen molar-refractivity contribution in [2.75, 3.05) is 14.1 Å². The van der Waals surface area contributed by atoms with Crippen molar-refractivity contribution in [3.8, 4) is 0 Å². The largest absolute Gasteiger partial charge is 0.391 e. The number of aryl methyl sites for hydroxylation is 1. The van der Waals surface area contributed by atoms with Gasteiger partial charge >= 0.3 is 0 Å². The van der Waals surface area contributed by atoms with Crippen LogP contribution in [0.15, 0.2) is 18.2 Å². The van der Waals surface area contributed by atoms with Crippen molar-refractivity contribution < 1.29 is 5.11 Å². The number of hydrogen-bond acceptors (Lipinski definition) is 2. The fourth-order valence-electron chi connectivity index (χ4n) is 1.57. The minimum absolute atomic E-state index is 0.270. The predicted octanol–water partition coefficient (Wildman–Crippen LogP) is 2.89. The van der Waals surface area contributed by atoms with E-state index in [0.29, 0.717) is 6.42 Å². The lowest BCUT2D eigenvalue weighted by atomic mass is 9.90. The van der Waals surface area contributed by atoms with E-state index in [4.69, 9.17) is 11.6 Å². The van der Waals surface area contributed by atoms with Crippen LogP contribution in [0, 0.1) is 6.92 Å². The number of hydrogen-bond donors (Lipinski definition) is 1. The summed E-state index contributed by atoms with van der Waals surface area (Å²) in [6.45, 7) is 6.06. The Kier molecular flexibility index (Phi) is 4.59. The molecule has 0 spiro atoms. The number of likely N-dealkylation sites (N-methyl/N-ethyl adjacent to an activating group) is 1. The zero-order valence-electron chi connectivity index (χ0n) is 11.3. The summed E-state index contributed by atoms with van der Waals surface area (Å²) in [7, 11) is 3.94. The van der Waals surface area contributed by atoms with Crippen molar-refractivity contribution in [3.05, 3.63) is 34.3 Å². The lowest BCUT2D eigenvalue weighted by Crippen LogP contribution is -2.49. The zero-order chi connectivity index (χ0) is 13.2. The highest BCUT2D eigenvalue weighted by Crippen LogP contribution is 2.24. The Balaban J connectivity index is 2.84. The second-order valence-corrected chi connectivity index (χ2v) is 5.77. The van der Waals surface area contributed by atoms with Crippen LogP contribution in [-0.2, 0) is 6.42 Å². The third-order valence-corrected chi connectivity index (χ3v) is 3.94. The molecule has 0 aliphatic carbocycles. The molecule has 1 aromatic rings. The molecule has 17 heavy (non-hydrogen) atoms. The van der Waals surface area contributed by atoms with Crippen LogP contribution >= 0.6 is 11.6 Å². The summed E-state index contributed by atoms with van der Waals surface area (Å²) in [4.78, 5) is 2.03. The fourth-order valence-corrected chi connectivity index (χ4v) is 1.89. The summed E-state index contributed by atoms with van der Waals surface area (Å²) in [5.74, 6) is 0. The third-order valence-electron chi connectivity index (χ3n) is 3.59. The molecule has 1 rings (SSSR count). The van der Waals surface area contributed by atoms with Crippen molar-refractivity contribution in [1.29, 1.82) is 0 Å². The van der Waals surface area contributed by atoms with Gasteiger partial charge in [0.15, 0.2) is 0 Å². The van der Waals surface area contributed by atoms with E-state index >= 15 is 0 Å². The number of aliphatic hydroxyl groups excluding tert-OH is 1. The molecule has 0 amide bonds. The van der Waals surface area contributed by atoms with E-state index < -0.39 is 6.10 Å². The summed E-state index contributed by atoms with van der Waals surface area (Å²) in [6, 6.07) is 5.95. The molecule has 3 heteroatoms. The van der Waals surface area contributed by atoms with Crippen LogP contribution in [0.25, 0.3) is 0 Å². The molecule has 0 aliphatic rings. The molecule has 0 bridgehead atoms. The SMILES string of the molecule is Cc1ccc(CC(O)C(C)(C)N(C)C)c(Cl)c1.